The normalized spacial score (nSPS) is 15.5. The Kier molecular flexibility index (Phi) is 3.93. The number of hydrogen-bond acceptors (Lipinski definition) is 4. The summed E-state index contributed by atoms with van der Waals surface area (Å²) in [6, 6.07) is 0. The Morgan fingerprint density at radius 3 is 2.79 bits per heavy atom. The molecule has 0 aromatic carbocycles. The molecule has 6 nitrogen and oxygen atoms in total. The highest BCUT2D eigenvalue weighted by atomic mass is 127. The van der Waals surface area contributed by atoms with Crippen LogP contribution in [0.25, 0.3) is 0 Å². The van der Waals surface area contributed by atoms with Crippen LogP contribution in [0.1, 0.15) is 26.3 Å². The lowest BCUT2D eigenvalue weighted by molar-refractivity contribution is 0.0224. The monoisotopic (exact) mass is 379 g/mol. The molecule has 2 heterocycles. The van der Waals surface area contributed by atoms with Gasteiger partial charge in [0.1, 0.15) is 15.9 Å². The summed E-state index contributed by atoms with van der Waals surface area (Å²) in [7, 11) is 1.84. The van der Waals surface area contributed by atoms with Crippen LogP contribution in [0.2, 0.25) is 0 Å². The molecule has 0 saturated carbocycles. The zero-order valence-corrected chi connectivity index (χ0v) is 13.7. The summed E-state index contributed by atoms with van der Waals surface area (Å²) in [5.41, 5.74) is 0.446. The van der Waals surface area contributed by atoms with Gasteiger partial charge >= 0.3 is 6.09 Å². The molecule has 0 spiro atoms. The lowest BCUT2D eigenvalue weighted by atomic mass is 10.2. The van der Waals surface area contributed by atoms with Crippen LogP contribution in [-0.2, 0) is 18.3 Å². The van der Waals surface area contributed by atoms with Gasteiger partial charge in [-0.25, -0.2) is 9.48 Å². The van der Waals surface area contributed by atoms with E-state index in [0.717, 1.165) is 15.1 Å². The van der Waals surface area contributed by atoms with E-state index >= 15 is 0 Å². The molecular formula is C12H18IN3O3. The molecular weight excluding hydrogens is 361 g/mol. The Balaban J connectivity index is 2.18. The Labute approximate surface area is 126 Å². The predicted molar refractivity (Wildman–Crippen MR) is 78.1 cm³/mol. The lowest BCUT2D eigenvalue weighted by Gasteiger charge is -2.25. The molecule has 1 aliphatic rings. The van der Waals surface area contributed by atoms with Crippen molar-refractivity contribution in [3.63, 3.8) is 0 Å². The summed E-state index contributed by atoms with van der Waals surface area (Å²) >= 11 is 2.15. The Hall–Kier alpha value is -0.990. The summed E-state index contributed by atoms with van der Waals surface area (Å²) in [6.07, 6.45) is -0.316. The number of ether oxygens (including phenoxy) is 2. The van der Waals surface area contributed by atoms with E-state index in [0.29, 0.717) is 19.7 Å². The molecule has 1 aliphatic heterocycles. The lowest BCUT2D eigenvalue weighted by Crippen LogP contribution is -2.37. The van der Waals surface area contributed by atoms with Crippen LogP contribution in [0, 0.1) is 3.70 Å². The van der Waals surface area contributed by atoms with E-state index in [4.69, 9.17) is 9.47 Å². The Morgan fingerprint density at radius 1 is 1.47 bits per heavy atom. The fraction of sp³-hybridized carbons (Fsp3) is 0.667. The average Bonchev–Trinajstić information content (AvgIpc) is 2.49. The molecule has 19 heavy (non-hydrogen) atoms. The Morgan fingerprint density at radius 2 is 2.16 bits per heavy atom. The molecule has 0 fully saturated rings. The van der Waals surface area contributed by atoms with Crippen molar-refractivity contribution < 1.29 is 14.3 Å². The summed E-state index contributed by atoms with van der Waals surface area (Å²) in [4.78, 5) is 13.8. The molecule has 0 saturated heterocycles. The summed E-state index contributed by atoms with van der Waals surface area (Å²) < 4.78 is 13.6. The highest BCUT2D eigenvalue weighted by Gasteiger charge is 2.28. The van der Waals surface area contributed by atoms with Gasteiger partial charge < -0.3 is 14.4 Å². The SMILES string of the molecule is Cn1nc(I)c2c1OCCN(C(=O)OC(C)(C)C)C2. The van der Waals surface area contributed by atoms with Gasteiger partial charge in [-0.2, -0.15) is 5.10 Å². The zero-order valence-electron chi connectivity index (χ0n) is 11.6. The predicted octanol–water partition coefficient (Wildman–Crippen LogP) is 2.15. The smallest absolute Gasteiger partial charge is 0.410 e. The summed E-state index contributed by atoms with van der Waals surface area (Å²) in [6.45, 7) is 7.01. The number of amides is 1. The van der Waals surface area contributed by atoms with Crippen LogP contribution in [0.15, 0.2) is 0 Å². The number of halogens is 1. The van der Waals surface area contributed by atoms with Crippen LogP contribution >= 0.6 is 22.6 Å². The van der Waals surface area contributed by atoms with Crippen LogP contribution in [0.4, 0.5) is 4.79 Å². The molecule has 0 N–H and O–H groups in total. The highest BCUT2D eigenvalue weighted by Crippen LogP contribution is 2.27. The molecule has 106 valence electrons. The number of carbonyl (C=O) groups is 1. The van der Waals surface area contributed by atoms with Crippen LogP contribution < -0.4 is 4.74 Å². The second-order valence-electron chi connectivity index (χ2n) is 5.45. The zero-order chi connectivity index (χ0) is 14.2. The first-order valence-corrected chi connectivity index (χ1v) is 7.18. The van der Waals surface area contributed by atoms with Gasteiger partial charge in [0.25, 0.3) is 0 Å². The van der Waals surface area contributed by atoms with Crippen molar-refractivity contribution in [1.29, 1.82) is 0 Å². The van der Waals surface area contributed by atoms with Crippen LogP contribution in [-0.4, -0.2) is 39.5 Å². The minimum Gasteiger partial charge on any atom is -0.476 e. The van der Waals surface area contributed by atoms with E-state index in [1.165, 1.54) is 0 Å². The van der Waals surface area contributed by atoms with Gasteiger partial charge in [-0.1, -0.05) is 0 Å². The molecule has 2 rings (SSSR count). The molecule has 0 unspecified atom stereocenters. The maximum atomic E-state index is 12.1. The van der Waals surface area contributed by atoms with E-state index in [1.54, 1.807) is 9.58 Å². The minimum atomic E-state index is -0.491. The second kappa shape index (κ2) is 5.18. The van der Waals surface area contributed by atoms with Crippen molar-refractivity contribution in [2.45, 2.75) is 32.9 Å². The number of hydrogen-bond donors (Lipinski definition) is 0. The van der Waals surface area contributed by atoms with Gasteiger partial charge in [0.05, 0.1) is 18.7 Å². The van der Waals surface area contributed by atoms with Crippen molar-refractivity contribution in [2.24, 2.45) is 7.05 Å². The van der Waals surface area contributed by atoms with Crippen molar-refractivity contribution >= 4 is 28.7 Å². The van der Waals surface area contributed by atoms with Crippen LogP contribution in [0.5, 0.6) is 5.88 Å². The standard InChI is InChI=1S/C12H18IN3O3/c1-12(2,3)19-11(17)16-5-6-18-10-8(7-16)9(13)14-15(10)4/h5-7H2,1-4H3. The van der Waals surface area contributed by atoms with Gasteiger partial charge in [-0.15, -0.1) is 0 Å². The Bertz CT molecular complexity index is 493. The van der Waals surface area contributed by atoms with E-state index in [-0.39, 0.29) is 6.09 Å². The van der Waals surface area contributed by atoms with Crippen molar-refractivity contribution in [2.75, 3.05) is 13.2 Å². The second-order valence-corrected chi connectivity index (χ2v) is 6.47. The van der Waals surface area contributed by atoms with Crippen LogP contribution in [0.3, 0.4) is 0 Å². The topological polar surface area (TPSA) is 56.6 Å². The van der Waals surface area contributed by atoms with Crippen molar-refractivity contribution in [1.82, 2.24) is 14.7 Å². The molecule has 0 radical (unpaired) electrons. The number of fused-ring (bicyclic) bond motifs is 1. The number of aromatic nitrogens is 2. The molecule has 1 amide bonds. The molecule has 0 atom stereocenters. The molecule has 1 aromatic rings. The van der Waals surface area contributed by atoms with Gasteiger partial charge in [0, 0.05) is 7.05 Å². The average molecular weight is 379 g/mol. The first kappa shape index (κ1) is 14.4. The molecule has 1 aromatic heterocycles. The number of rotatable bonds is 0. The van der Waals surface area contributed by atoms with Crippen molar-refractivity contribution in [3.05, 3.63) is 9.26 Å². The largest absolute Gasteiger partial charge is 0.476 e. The maximum absolute atomic E-state index is 12.1. The molecule has 7 heteroatoms. The fourth-order valence-corrected chi connectivity index (χ4v) is 2.56. The van der Waals surface area contributed by atoms with E-state index in [9.17, 15) is 4.79 Å². The molecule has 0 bridgehead atoms. The van der Waals surface area contributed by atoms with Gasteiger partial charge in [-0.3, -0.25) is 0 Å². The third-order valence-electron chi connectivity index (χ3n) is 2.64. The third-order valence-corrected chi connectivity index (χ3v) is 3.51. The van der Waals surface area contributed by atoms with Gasteiger partial charge in [0.15, 0.2) is 0 Å². The first-order valence-electron chi connectivity index (χ1n) is 6.10. The first-order chi connectivity index (χ1) is 8.78. The highest BCUT2D eigenvalue weighted by molar-refractivity contribution is 14.1. The van der Waals surface area contributed by atoms with E-state index < -0.39 is 5.60 Å². The number of nitrogens with zero attached hydrogens (tertiary/aromatic N) is 3. The van der Waals surface area contributed by atoms with Gasteiger partial charge in [-0.05, 0) is 43.4 Å². The maximum Gasteiger partial charge on any atom is 0.410 e. The minimum absolute atomic E-state index is 0.316. The van der Waals surface area contributed by atoms with E-state index in [2.05, 4.69) is 27.7 Å². The summed E-state index contributed by atoms with van der Waals surface area (Å²) in [5, 5.41) is 4.30. The number of carbonyl (C=O) groups excluding carboxylic acids is 1. The molecule has 0 aliphatic carbocycles. The van der Waals surface area contributed by atoms with Gasteiger partial charge in [0.2, 0.25) is 5.88 Å². The number of aryl methyl sites for hydroxylation is 1. The quantitative estimate of drug-likeness (QED) is 0.649. The fourth-order valence-electron chi connectivity index (χ4n) is 1.84. The summed E-state index contributed by atoms with van der Waals surface area (Å²) in [5.74, 6) is 0.732. The van der Waals surface area contributed by atoms with E-state index in [1.807, 2.05) is 27.8 Å². The van der Waals surface area contributed by atoms with Crippen molar-refractivity contribution in [3.8, 4) is 5.88 Å². The third kappa shape index (κ3) is 3.31.